The summed E-state index contributed by atoms with van der Waals surface area (Å²) < 4.78 is 4.89. The lowest BCUT2D eigenvalue weighted by Gasteiger charge is -2.18. The molecule has 1 saturated carbocycles. The molecule has 1 nitrogen and oxygen atoms in total. The summed E-state index contributed by atoms with van der Waals surface area (Å²) in [5, 5.41) is 0. The highest BCUT2D eigenvalue weighted by atomic mass is 35.5. The maximum Gasteiger partial charge on any atom is 0.0719 e. The summed E-state index contributed by atoms with van der Waals surface area (Å²) in [6.07, 6.45) is 6.91. The lowest BCUT2D eigenvalue weighted by atomic mass is 9.98. The van der Waals surface area contributed by atoms with E-state index in [0.29, 0.717) is 6.10 Å². The molecule has 0 aliphatic heterocycles. The van der Waals surface area contributed by atoms with Crippen molar-refractivity contribution in [2.45, 2.75) is 38.2 Å². The molecule has 0 amide bonds. The number of hydrogen-bond acceptors (Lipinski definition) is 2. The molecule has 56 valence electrons. The van der Waals surface area contributed by atoms with Crippen LogP contribution in [0.1, 0.15) is 32.1 Å². The summed E-state index contributed by atoms with van der Waals surface area (Å²) in [5.74, 6) is 0. The topological polar surface area (TPSA) is 9.23 Å². The van der Waals surface area contributed by atoms with E-state index in [0.717, 1.165) is 0 Å². The highest BCUT2D eigenvalue weighted by Crippen LogP contribution is 2.20. The molecule has 0 saturated heterocycles. The van der Waals surface area contributed by atoms with Crippen LogP contribution in [0, 0.1) is 0 Å². The Morgan fingerprint density at radius 1 is 1.11 bits per heavy atom. The summed E-state index contributed by atoms with van der Waals surface area (Å²) in [7, 11) is 0. The largest absolute Gasteiger partial charge is 0.315 e. The number of rotatable bonds is 1. The first kappa shape index (κ1) is 9.60. The quantitative estimate of drug-likeness (QED) is 0.468. The van der Waals surface area contributed by atoms with Crippen LogP contribution in [0.25, 0.3) is 0 Å². The van der Waals surface area contributed by atoms with Crippen LogP contribution in [0.3, 0.4) is 0 Å². The molecule has 0 radical (unpaired) electrons. The molecule has 0 bridgehead atoms. The third-order valence-electron chi connectivity index (χ3n) is 1.70. The van der Waals surface area contributed by atoms with Gasteiger partial charge < -0.3 is 4.18 Å². The van der Waals surface area contributed by atoms with E-state index in [1.165, 1.54) is 32.1 Å². The molecule has 0 atom stereocenters. The molecule has 0 aromatic heterocycles. The third kappa shape index (κ3) is 3.33. The smallest absolute Gasteiger partial charge is 0.0719 e. The Morgan fingerprint density at radius 3 is 2.00 bits per heavy atom. The van der Waals surface area contributed by atoms with Crippen LogP contribution in [0.4, 0.5) is 0 Å². The molecule has 1 aliphatic rings. The maximum absolute atomic E-state index is 4.89. The molecular weight excluding hydrogens is 156 g/mol. The molecule has 0 aromatic carbocycles. The first-order valence-corrected chi connectivity index (χ1v) is 3.60. The van der Waals surface area contributed by atoms with E-state index in [2.05, 4.69) is 12.9 Å². The van der Waals surface area contributed by atoms with Crippen LogP contribution in [0.15, 0.2) is 0 Å². The normalized spacial score (nSPS) is 21.0. The Balaban J connectivity index is 0.000000640. The lowest BCUT2D eigenvalue weighted by Crippen LogP contribution is -2.11. The minimum Gasteiger partial charge on any atom is -0.315 e. The third-order valence-corrected chi connectivity index (χ3v) is 2.00. The van der Waals surface area contributed by atoms with Crippen LogP contribution in [0.5, 0.6) is 0 Å². The van der Waals surface area contributed by atoms with Gasteiger partial charge in [-0.1, -0.05) is 19.3 Å². The van der Waals surface area contributed by atoms with Gasteiger partial charge in [0.2, 0.25) is 0 Å². The Morgan fingerprint density at radius 2 is 1.67 bits per heavy atom. The Bertz CT molecular complexity index is 64.1. The van der Waals surface area contributed by atoms with Crippen molar-refractivity contribution in [2.75, 3.05) is 0 Å². The van der Waals surface area contributed by atoms with Crippen molar-refractivity contribution >= 4 is 25.3 Å². The molecule has 3 heteroatoms. The van der Waals surface area contributed by atoms with E-state index >= 15 is 0 Å². The fourth-order valence-corrected chi connectivity index (χ4v) is 1.38. The second-order valence-electron chi connectivity index (χ2n) is 2.37. The molecular formula is C6H13ClOS. The summed E-state index contributed by atoms with van der Waals surface area (Å²) in [5.41, 5.74) is 0. The zero-order valence-electron chi connectivity index (χ0n) is 5.38. The average molecular weight is 169 g/mol. The van der Waals surface area contributed by atoms with Gasteiger partial charge in [0.1, 0.15) is 0 Å². The van der Waals surface area contributed by atoms with Gasteiger partial charge in [-0.2, -0.15) is 0 Å². The van der Waals surface area contributed by atoms with Gasteiger partial charge in [-0.15, -0.1) is 12.4 Å². The van der Waals surface area contributed by atoms with Gasteiger partial charge in [0.15, 0.2) is 0 Å². The van der Waals surface area contributed by atoms with Gasteiger partial charge in [-0.3, -0.25) is 0 Å². The van der Waals surface area contributed by atoms with Gasteiger partial charge in [-0.05, 0) is 25.8 Å². The fourth-order valence-electron chi connectivity index (χ4n) is 1.17. The van der Waals surface area contributed by atoms with Gasteiger partial charge in [0.05, 0.1) is 6.10 Å². The molecule has 1 fully saturated rings. The molecule has 0 spiro atoms. The van der Waals surface area contributed by atoms with Crippen molar-refractivity contribution < 1.29 is 4.18 Å². The Hall–Kier alpha value is 0.600. The first-order valence-electron chi connectivity index (χ1n) is 3.23. The molecule has 0 N–H and O–H groups in total. The van der Waals surface area contributed by atoms with Gasteiger partial charge >= 0.3 is 0 Å². The molecule has 1 aliphatic carbocycles. The average Bonchev–Trinajstić information content (AvgIpc) is 1.90. The van der Waals surface area contributed by atoms with Crippen molar-refractivity contribution in [1.82, 2.24) is 0 Å². The predicted octanol–water partition coefficient (Wildman–Crippen LogP) is 2.60. The molecule has 1 rings (SSSR count). The predicted molar refractivity (Wildman–Crippen MR) is 44.2 cm³/mol. The van der Waals surface area contributed by atoms with E-state index < -0.39 is 0 Å². The van der Waals surface area contributed by atoms with Crippen molar-refractivity contribution in [2.24, 2.45) is 0 Å². The summed E-state index contributed by atoms with van der Waals surface area (Å²) >= 11 is 3.76. The van der Waals surface area contributed by atoms with E-state index in [4.69, 9.17) is 4.18 Å². The Labute approximate surface area is 68.2 Å². The van der Waals surface area contributed by atoms with Gasteiger partial charge in [0, 0.05) is 0 Å². The molecule has 9 heavy (non-hydrogen) atoms. The van der Waals surface area contributed by atoms with E-state index in [1.54, 1.807) is 0 Å². The van der Waals surface area contributed by atoms with Crippen molar-refractivity contribution in [3.8, 4) is 0 Å². The van der Waals surface area contributed by atoms with Crippen LogP contribution in [-0.2, 0) is 4.18 Å². The number of hydrogen-bond donors (Lipinski definition) is 1. The number of thiol groups is 1. The molecule has 0 unspecified atom stereocenters. The van der Waals surface area contributed by atoms with Crippen molar-refractivity contribution in [1.29, 1.82) is 0 Å². The highest BCUT2D eigenvalue weighted by molar-refractivity contribution is 7.75. The zero-order valence-corrected chi connectivity index (χ0v) is 7.09. The SMILES string of the molecule is Cl.SOC1CCCCC1. The second kappa shape index (κ2) is 5.39. The van der Waals surface area contributed by atoms with Gasteiger partial charge in [-0.25, -0.2) is 0 Å². The van der Waals surface area contributed by atoms with E-state index in [-0.39, 0.29) is 12.4 Å². The van der Waals surface area contributed by atoms with Gasteiger partial charge in [0.25, 0.3) is 0 Å². The number of halogens is 1. The monoisotopic (exact) mass is 168 g/mol. The fraction of sp³-hybridized carbons (Fsp3) is 1.00. The zero-order chi connectivity index (χ0) is 5.82. The second-order valence-corrected chi connectivity index (χ2v) is 2.58. The van der Waals surface area contributed by atoms with Crippen molar-refractivity contribution in [3.05, 3.63) is 0 Å². The lowest BCUT2D eigenvalue weighted by molar-refractivity contribution is 0.189. The van der Waals surface area contributed by atoms with Crippen LogP contribution in [0.2, 0.25) is 0 Å². The first-order chi connectivity index (χ1) is 3.93. The summed E-state index contributed by atoms with van der Waals surface area (Å²) in [6.45, 7) is 0. The van der Waals surface area contributed by atoms with Crippen LogP contribution in [-0.4, -0.2) is 6.10 Å². The minimum absolute atomic E-state index is 0. The van der Waals surface area contributed by atoms with Crippen LogP contribution < -0.4 is 0 Å². The Kier molecular flexibility index (Phi) is 5.75. The van der Waals surface area contributed by atoms with E-state index in [9.17, 15) is 0 Å². The molecule has 0 heterocycles. The minimum atomic E-state index is 0. The van der Waals surface area contributed by atoms with E-state index in [1.807, 2.05) is 0 Å². The summed E-state index contributed by atoms with van der Waals surface area (Å²) in [6, 6.07) is 0. The van der Waals surface area contributed by atoms with Crippen LogP contribution >= 0.6 is 25.3 Å². The van der Waals surface area contributed by atoms with Crippen molar-refractivity contribution in [3.63, 3.8) is 0 Å². The molecule has 0 aromatic rings. The highest BCUT2D eigenvalue weighted by Gasteiger charge is 2.11. The standard InChI is InChI=1S/C6H12OS.ClH/c8-7-6-4-2-1-3-5-6;/h6,8H,1-5H2;1H. The maximum atomic E-state index is 4.89. The summed E-state index contributed by atoms with van der Waals surface area (Å²) in [4.78, 5) is 0.